The number of benzene rings is 3. The Morgan fingerprint density at radius 1 is 1.07 bits per heavy atom. The average Bonchev–Trinajstić information content (AvgIpc) is 3.63. The molecule has 0 atom stereocenters. The first kappa shape index (κ1) is 27.7. The number of allylic oxidation sites excluding steroid dienone is 1. The number of rotatable bonds is 8. The van der Waals surface area contributed by atoms with Crippen molar-refractivity contribution >= 4 is 27.5 Å². The molecule has 2 aliphatic rings. The molecule has 1 aromatic heterocycles. The maximum atomic E-state index is 15.3. The number of ketones is 1. The summed E-state index contributed by atoms with van der Waals surface area (Å²) in [6.45, 7) is 1.53. The molecule has 4 aromatic rings. The van der Waals surface area contributed by atoms with E-state index < -0.39 is 55.6 Å². The van der Waals surface area contributed by atoms with Gasteiger partial charge in [-0.05, 0) is 66.8 Å². The van der Waals surface area contributed by atoms with Gasteiger partial charge in [-0.2, -0.15) is 9.49 Å². The van der Waals surface area contributed by atoms with Gasteiger partial charge in [-0.1, -0.05) is 12.1 Å². The molecule has 0 saturated heterocycles. The van der Waals surface area contributed by atoms with Crippen molar-refractivity contribution in [1.82, 2.24) is 9.78 Å². The van der Waals surface area contributed by atoms with Crippen molar-refractivity contribution in [3.05, 3.63) is 105 Å². The average molecular weight is 598 g/mol. The number of ether oxygens (including phenoxy) is 1. The molecule has 0 radical (unpaired) electrons. The molecule has 1 saturated carbocycles. The van der Waals surface area contributed by atoms with Crippen LogP contribution in [0.15, 0.2) is 54.2 Å². The summed E-state index contributed by atoms with van der Waals surface area (Å²) in [5, 5.41) is 3.68. The Hall–Kier alpha value is -4.45. The number of anilines is 1. The first-order chi connectivity index (χ1) is 19.9. The van der Waals surface area contributed by atoms with Crippen molar-refractivity contribution in [2.24, 2.45) is 0 Å². The molecule has 2 N–H and O–H groups in total. The highest BCUT2D eigenvalue weighted by Crippen LogP contribution is 2.36. The third-order valence-corrected chi connectivity index (χ3v) is 9.53. The van der Waals surface area contributed by atoms with Crippen molar-refractivity contribution < 1.29 is 35.5 Å². The largest absolute Gasteiger partial charge is 0.454 e. The van der Waals surface area contributed by atoms with Crippen LogP contribution < -0.4 is 10.5 Å². The van der Waals surface area contributed by atoms with Crippen LogP contribution in [0.4, 0.5) is 23.4 Å². The van der Waals surface area contributed by atoms with E-state index >= 15 is 4.39 Å². The smallest absolute Gasteiger partial charge is 0.201 e. The van der Waals surface area contributed by atoms with Crippen LogP contribution in [0.5, 0.6) is 11.5 Å². The Morgan fingerprint density at radius 3 is 2.55 bits per heavy atom. The highest BCUT2D eigenvalue weighted by Gasteiger charge is 2.36. The van der Waals surface area contributed by atoms with Crippen LogP contribution in [0.1, 0.15) is 45.5 Å². The quantitative estimate of drug-likeness (QED) is 0.197. The lowest BCUT2D eigenvalue weighted by atomic mass is 10.0. The van der Waals surface area contributed by atoms with E-state index in [1.807, 2.05) is 0 Å². The minimum Gasteiger partial charge on any atom is -0.454 e. The molecule has 216 valence electrons. The van der Waals surface area contributed by atoms with E-state index in [0.717, 1.165) is 16.8 Å². The number of hydrogen-bond acceptors (Lipinski definition) is 6. The minimum absolute atomic E-state index is 0.00739. The second-order valence-corrected chi connectivity index (χ2v) is 12.7. The molecule has 0 spiro atoms. The van der Waals surface area contributed by atoms with E-state index in [0.29, 0.717) is 24.0 Å². The van der Waals surface area contributed by atoms with E-state index in [-0.39, 0.29) is 45.9 Å². The molecule has 1 heterocycles. The first-order valence-corrected chi connectivity index (χ1v) is 14.7. The van der Waals surface area contributed by atoms with E-state index in [2.05, 4.69) is 5.10 Å². The zero-order valence-electron chi connectivity index (χ0n) is 22.1. The molecule has 0 aliphatic heterocycles. The first-order valence-electron chi connectivity index (χ1n) is 13.0. The van der Waals surface area contributed by atoms with Crippen molar-refractivity contribution in [3.8, 4) is 17.2 Å². The summed E-state index contributed by atoms with van der Waals surface area (Å²) in [5.41, 5.74) is 7.85. The van der Waals surface area contributed by atoms with Crippen LogP contribution in [-0.4, -0.2) is 29.2 Å². The lowest BCUT2D eigenvalue weighted by molar-refractivity contribution is 0.103. The fourth-order valence-corrected chi connectivity index (χ4v) is 6.78. The molecule has 7 nitrogen and oxygen atoms in total. The van der Waals surface area contributed by atoms with E-state index in [4.69, 9.17) is 10.5 Å². The SMILES string of the molecule is Cc1cc(Oc2cccc(F)c2F)cc(F)c1-n1ncc(C(=O)C2=Cc3cc(F)c(CS(=O)(=O)C4CC4)cc3C2)c1N. The maximum Gasteiger partial charge on any atom is 0.201 e. The van der Waals surface area contributed by atoms with Gasteiger partial charge in [-0.3, -0.25) is 4.79 Å². The van der Waals surface area contributed by atoms with Crippen LogP contribution in [-0.2, 0) is 22.0 Å². The number of aryl methyl sites for hydroxylation is 1. The molecular weight excluding hydrogens is 574 g/mol. The molecule has 3 aromatic carbocycles. The fourth-order valence-electron chi connectivity index (χ4n) is 5.04. The molecule has 1 fully saturated rings. The number of halogens is 4. The molecule has 42 heavy (non-hydrogen) atoms. The number of carbonyl (C=O) groups is 1. The molecule has 6 rings (SSSR count). The molecular formula is C30H23F4N3O4S. The van der Waals surface area contributed by atoms with Crippen LogP contribution in [0, 0.1) is 30.2 Å². The maximum absolute atomic E-state index is 15.3. The van der Waals surface area contributed by atoms with E-state index in [1.165, 1.54) is 49.5 Å². The Kier molecular flexibility index (Phi) is 6.68. The van der Waals surface area contributed by atoms with Gasteiger partial charge in [0.1, 0.15) is 23.1 Å². The Labute approximate surface area is 238 Å². The van der Waals surface area contributed by atoms with Crippen molar-refractivity contribution in [2.45, 2.75) is 37.2 Å². The van der Waals surface area contributed by atoms with Crippen LogP contribution in [0.2, 0.25) is 0 Å². The third kappa shape index (κ3) is 4.95. The summed E-state index contributed by atoms with van der Waals surface area (Å²) in [7, 11) is -3.43. The summed E-state index contributed by atoms with van der Waals surface area (Å²) in [6, 6.07) is 8.42. The highest BCUT2D eigenvalue weighted by molar-refractivity contribution is 7.91. The second kappa shape index (κ2) is 10.1. The van der Waals surface area contributed by atoms with Gasteiger partial charge in [0.2, 0.25) is 5.82 Å². The van der Waals surface area contributed by atoms with Gasteiger partial charge < -0.3 is 10.5 Å². The number of Topliss-reactive ketones (excluding diaryl/α,β-unsaturated/α-hetero) is 1. The van der Waals surface area contributed by atoms with Gasteiger partial charge in [0.25, 0.3) is 0 Å². The molecule has 0 unspecified atom stereocenters. The fraction of sp³-hybridized carbons (Fsp3) is 0.200. The van der Waals surface area contributed by atoms with Crippen LogP contribution in [0.3, 0.4) is 0 Å². The summed E-state index contributed by atoms with van der Waals surface area (Å²) < 4.78 is 88.7. The summed E-state index contributed by atoms with van der Waals surface area (Å²) in [5.74, 6) is -5.39. The van der Waals surface area contributed by atoms with Gasteiger partial charge in [-0.15, -0.1) is 0 Å². The van der Waals surface area contributed by atoms with Gasteiger partial charge in [-0.25, -0.2) is 26.3 Å². The number of nitrogens with two attached hydrogens (primary N) is 1. The number of sulfone groups is 1. The lowest BCUT2D eigenvalue weighted by Gasteiger charge is -2.13. The zero-order valence-corrected chi connectivity index (χ0v) is 22.9. The number of aromatic nitrogens is 2. The molecule has 12 heteroatoms. The summed E-state index contributed by atoms with van der Waals surface area (Å²) >= 11 is 0. The summed E-state index contributed by atoms with van der Waals surface area (Å²) in [6.07, 6.45) is 4.01. The summed E-state index contributed by atoms with van der Waals surface area (Å²) in [4.78, 5) is 13.4. The number of fused-ring (bicyclic) bond motifs is 1. The topological polar surface area (TPSA) is 104 Å². The van der Waals surface area contributed by atoms with E-state index in [1.54, 1.807) is 0 Å². The third-order valence-electron chi connectivity index (χ3n) is 7.33. The van der Waals surface area contributed by atoms with Gasteiger partial charge in [0.05, 0.1) is 22.8 Å². The van der Waals surface area contributed by atoms with Gasteiger partial charge >= 0.3 is 0 Å². The van der Waals surface area contributed by atoms with Crippen molar-refractivity contribution in [2.75, 3.05) is 5.73 Å². The second-order valence-electron chi connectivity index (χ2n) is 10.4. The number of nitrogen functional groups attached to an aromatic ring is 1. The number of hydrogen-bond donors (Lipinski definition) is 1. The monoisotopic (exact) mass is 597 g/mol. The number of carbonyl (C=O) groups excluding carboxylic acids is 1. The van der Waals surface area contributed by atoms with Crippen LogP contribution in [0.25, 0.3) is 11.8 Å². The Bertz CT molecular complexity index is 1910. The lowest BCUT2D eigenvalue weighted by Crippen LogP contribution is -2.11. The van der Waals surface area contributed by atoms with Gasteiger partial charge in [0.15, 0.2) is 33.0 Å². The normalized spacial score (nSPS) is 14.5. The predicted octanol–water partition coefficient (Wildman–Crippen LogP) is 6.01. The number of nitrogens with zero attached hydrogens (tertiary/aromatic N) is 2. The van der Waals surface area contributed by atoms with E-state index in [9.17, 15) is 26.4 Å². The molecule has 0 amide bonds. The van der Waals surface area contributed by atoms with Gasteiger partial charge in [0, 0.05) is 23.6 Å². The molecule has 2 aliphatic carbocycles. The standard InChI is InChI=1S/C30H23F4N3O4S/c1-15-7-20(41-26-4-2-3-23(31)27(26)34)12-25(33)28(15)37-30(35)22(13-36-37)29(38)18-8-16-10-19(24(32)11-17(16)9-18)14-42(39,40)21-5-6-21/h2-4,7,9-13,21H,5-6,8,14,35H2,1H3. The van der Waals surface area contributed by atoms with Crippen molar-refractivity contribution in [3.63, 3.8) is 0 Å². The van der Waals surface area contributed by atoms with Crippen molar-refractivity contribution in [1.29, 1.82) is 0 Å². The highest BCUT2D eigenvalue weighted by atomic mass is 32.2. The van der Waals surface area contributed by atoms with Crippen LogP contribution >= 0.6 is 0 Å². The Balaban J connectivity index is 1.24. The Morgan fingerprint density at radius 2 is 1.83 bits per heavy atom. The predicted molar refractivity (Wildman–Crippen MR) is 147 cm³/mol. The molecule has 0 bridgehead atoms. The zero-order chi connectivity index (χ0) is 29.9. The minimum atomic E-state index is -3.43.